The summed E-state index contributed by atoms with van der Waals surface area (Å²) < 4.78 is 0. The van der Waals surface area contributed by atoms with Crippen molar-refractivity contribution in [2.24, 2.45) is 17.8 Å². The van der Waals surface area contributed by atoms with Gasteiger partial charge in [0.25, 0.3) is 0 Å². The first-order chi connectivity index (χ1) is 18.2. The van der Waals surface area contributed by atoms with Gasteiger partial charge in [-0.1, -0.05) is 97.3 Å². The third kappa shape index (κ3) is 13.1. The first-order valence-electron chi connectivity index (χ1n) is 15.1. The Hall–Kier alpha value is -1.53. The number of aliphatic carboxylic acids is 3. The molecule has 7 heteroatoms. The molecule has 0 spiro atoms. The van der Waals surface area contributed by atoms with Crippen LogP contribution in [0.3, 0.4) is 0 Å². The molecule has 6 nitrogen and oxygen atoms in total. The van der Waals surface area contributed by atoms with Crippen molar-refractivity contribution in [1.29, 1.82) is 0 Å². The van der Waals surface area contributed by atoms with Crippen molar-refractivity contribution in [3.63, 3.8) is 0 Å². The molecule has 0 heterocycles. The molecule has 39 heavy (non-hydrogen) atoms. The van der Waals surface area contributed by atoms with Gasteiger partial charge >= 0.3 is 17.9 Å². The summed E-state index contributed by atoms with van der Waals surface area (Å²) in [6, 6.07) is 2.38. The smallest absolute Gasteiger partial charge is 0.306 e. The van der Waals surface area contributed by atoms with E-state index in [0.717, 1.165) is 77.0 Å². The van der Waals surface area contributed by atoms with Gasteiger partial charge in [0.1, 0.15) is 0 Å². The van der Waals surface area contributed by atoms with E-state index < -0.39 is 17.9 Å². The minimum absolute atomic E-state index is 0. The van der Waals surface area contributed by atoms with Crippen LogP contribution in [-0.2, 0) is 48.9 Å². The van der Waals surface area contributed by atoms with E-state index in [0.29, 0.717) is 0 Å². The van der Waals surface area contributed by atoms with Crippen LogP contribution in [0.25, 0.3) is 0 Å². The fourth-order valence-electron chi connectivity index (χ4n) is 6.17. The third-order valence-electron chi connectivity index (χ3n) is 8.81. The van der Waals surface area contributed by atoms with Crippen LogP contribution in [0, 0.1) is 31.6 Å². The molecule has 1 aromatic rings. The zero-order valence-corrected chi connectivity index (χ0v) is 25.9. The molecule has 0 atom stereocenters. The maximum absolute atomic E-state index is 10.4. The first kappa shape index (κ1) is 35.5. The second-order valence-corrected chi connectivity index (χ2v) is 11.7. The minimum Gasteiger partial charge on any atom is -0.481 e. The van der Waals surface area contributed by atoms with Crippen LogP contribution in [-0.4, -0.2) is 33.2 Å². The largest absolute Gasteiger partial charge is 0.481 e. The number of carboxylic acid groups (broad SMARTS) is 3. The molecule has 4 aliphatic carbocycles. The van der Waals surface area contributed by atoms with Crippen molar-refractivity contribution in [3.05, 3.63) is 28.3 Å². The van der Waals surface area contributed by atoms with Gasteiger partial charge in [-0.05, 0) is 38.5 Å². The predicted molar refractivity (Wildman–Crippen MR) is 151 cm³/mol. The fourth-order valence-corrected chi connectivity index (χ4v) is 6.17. The predicted octanol–water partition coefficient (Wildman–Crippen LogP) is 7.85. The van der Waals surface area contributed by atoms with Crippen LogP contribution in [0.1, 0.15) is 131 Å². The van der Waals surface area contributed by atoms with E-state index in [2.05, 4.69) is 19.9 Å². The summed E-state index contributed by atoms with van der Waals surface area (Å²) in [4.78, 5) is 31.1. The summed E-state index contributed by atoms with van der Waals surface area (Å²) in [5, 5.41) is 25.6. The molecule has 0 aliphatic heterocycles. The van der Waals surface area contributed by atoms with Gasteiger partial charge in [-0.25, -0.2) is 6.07 Å². The van der Waals surface area contributed by atoms with E-state index in [1.54, 1.807) is 16.7 Å². The first-order valence-corrected chi connectivity index (χ1v) is 15.1. The molecular weight excluding hydrogens is 528 g/mol. The third-order valence-corrected chi connectivity index (χ3v) is 8.81. The van der Waals surface area contributed by atoms with Gasteiger partial charge in [-0.15, -0.1) is 0 Å². The average Bonchev–Trinajstić information content (AvgIpc) is 3.24. The van der Waals surface area contributed by atoms with E-state index >= 15 is 0 Å². The Morgan fingerprint density at radius 3 is 1.23 bits per heavy atom. The summed E-state index contributed by atoms with van der Waals surface area (Å²) in [5.74, 6) is -1.89. The second kappa shape index (κ2) is 19.5. The minimum atomic E-state index is -0.602. The molecule has 3 N–H and O–H groups in total. The summed E-state index contributed by atoms with van der Waals surface area (Å²) in [6.45, 7) is 4.49. The van der Waals surface area contributed by atoms with Crippen molar-refractivity contribution >= 4 is 17.9 Å². The molecule has 220 valence electrons. The van der Waals surface area contributed by atoms with E-state index in [-0.39, 0.29) is 39.5 Å². The molecular formula is C32H51O6Ti-. The molecule has 3 saturated carbocycles. The second-order valence-electron chi connectivity index (χ2n) is 11.7. The molecule has 0 aromatic heterocycles. The maximum Gasteiger partial charge on any atom is 0.306 e. The fraction of sp³-hybridized carbons (Fsp3) is 0.750. The topological polar surface area (TPSA) is 112 Å². The Labute approximate surface area is 250 Å². The monoisotopic (exact) mass is 579 g/mol. The van der Waals surface area contributed by atoms with Crippen molar-refractivity contribution in [2.75, 3.05) is 0 Å². The van der Waals surface area contributed by atoms with Gasteiger partial charge < -0.3 is 15.3 Å². The van der Waals surface area contributed by atoms with Gasteiger partial charge in [0.15, 0.2) is 0 Å². The Morgan fingerprint density at radius 2 is 0.949 bits per heavy atom. The quantitative estimate of drug-likeness (QED) is 0.248. The zero-order chi connectivity index (χ0) is 27.9. The average molecular weight is 580 g/mol. The van der Waals surface area contributed by atoms with Gasteiger partial charge in [0.05, 0.1) is 17.8 Å². The van der Waals surface area contributed by atoms with E-state index in [1.807, 2.05) is 0 Å². The Balaban J connectivity index is 0.000000259. The molecule has 0 bridgehead atoms. The molecule has 0 unspecified atom stereocenters. The number of aryl methyl sites for hydroxylation is 2. The van der Waals surface area contributed by atoms with Gasteiger partial charge in [0, 0.05) is 21.7 Å². The summed E-state index contributed by atoms with van der Waals surface area (Å²) in [7, 11) is 0. The molecule has 0 saturated heterocycles. The number of carboxylic acids is 3. The van der Waals surface area contributed by atoms with Gasteiger partial charge in [0.2, 0.25) is 0 Å². The van der Waals surface area contributed by atoms with Gasteiger partial charge in [-0.2, -0.15) is 22.3 Å². The van der Waals surface area contributed by atoms with Crippen LogP contribution < -0.4 is 0 Å². The number of fused-ring (bicyclic) bond motifs is 1. The number of rotatable bonds is 3. The van der Waals surface area contributed by atoms with Crippen molar-refractivity contribution in [3.8, 4) is 0 Å². The Kier molecular flexibility index (Phi) is 17.8. The molecule has 5 rings (SSSR count). The van der Waals surface area contributed by atoms with E-state index in [1.165, 1.54) is 50.5 Å². The van der Waals surface area contributed by atoms with E-state index in [4.69, 9.17) is 15.3 Å². The SMILES string of the molecule is Cc1cc2c([c-]1C)CCCC2.O=C(O)C1CCCCC1.O=C(O)C1CCCCC1.O=C(O)C1CCCCC1.[Ti]. The number of carbonyl (C=O) groups is 3. The van der Waals surface area contributed by atoms with Crippen LogP contribution in [0.2, 0.25) is 0 Å². The van der Waals surface area contributed by atoms with Crippen LogP contribution in [0.4, 0.5) is 0 Å². The van der Waals surface area contributed by atoms with E-state index in [9.17, 15) is 14.4 Å². The van der Waals surface area contributed by atoms with Crippen LogP contribution >= 0.6 is 0 Å². The Morgan fingerprint density at radius 1 is 0.615 bits per heavy atom. The van der Waals surface area contributed by atoms with Gasteiger partial charge in [-0.3, -0.25) is 14.4 Å². The molecule has 3 fully saturated rings. The molecule has 1 aromatic carbocycles. The summed E-state index contributed by atoms with van der Waals surface area (Å²) >= 11 is 0. The zero-order valence-electron chi connectivity index (χ0n) is 24.3. The summed E-state index contributed by atoms with van der Waals surface area (Å²) in [5.41, 5.74) is 6.34. The maximum atomic E-state index is 10.4. The van der Waals surface area contributed by atoms with Crippen LogP contribution in [0.15, 0.2) is 6.07 Å². The standard InChI is InChI=1S/C11H15.3C7H12O2.Ti/c1-8-7-10-5-3-4-6-11(10)9(8)2;3*8-7(9)6-4-2-1-3-5-6;/h7H,3-6H2,1-2H3;3*6H,1-5H2,(H,8,9);/q-1;;;;. The van der Waals surface area contributed by atoms with Crippen LogP contribution in [0.5, 0.6) is 0 Å². The molecule has 0 amide bonds. The molecule has 4 aliphatic rings. The molecule has 0 radical (unpaired) electrons. The number of hydrogen-bond donors (Lipinski definition) is 3. The summed E-state index contributed by atoms with van der Waals surface area (Å²) in [6.07, 6.45) is 21.2. The Bertz CT molecular complexity index is 792. The number of hydrogen-bond acceptors (Lipinski definition) is 3. The van der Waals surface area contributed by atoms with Crippen molar-refractivity contribution in [1.82, 2.24) is 0 Å². The normalized spacial score (nSPS) is 19.7. The van der Waals surface area contributed by atoms with Crippen molar-refractivity contribution < 1.29 is 51.4 Å². The van der Waals surface area contributed by atoms with Crippen molar-refractivity contribution in [2.45, 2.75) is 136 Å².